The number of carbonyl (C=O) groups is 1. The molecule has 1 unspecified atom stereocenters. The zero-order valence-electron chi connectivity index (χ0n) is 9.90. The number of nitrogens with one attached hydrogen (secondary N) is 2. The molecule has 0 aliphatic rings. The second-order valence-electron chi connectivity index (χ2n) is 3.20. The third-order valence-corrected chi connectivity index (χ3v) is 3.87. The van der Waals surface area contributed by atoms with E-state index in [4.69, 9.17) is 0 Å². The average molecular weight is 272 g/mol. The van der Waals surface area contributed by atoms with E-state index in [0.29, 0.717) is 6.54 Å². The molecular formula is C10H16N4OS2. The molecule has 0 fully saturated rings. The van der Waals surface area contributed by atoms with Gasteiger partial charge in [0.05, 0.1) is 5.25 Å². The lowest BCUT2D eigenvalue weighted by atomic mass is 10.4. The fraction of sp³-hybridized carbons (Fsp3) is 0.500. The summed E-state index contributed by atoms with van der Waals surface area (Å²) in [5.41, 5.74) is 0. The first-order valence-corrected chi connectivity index (χ1v) is 6.99. The molecule has 94 valence electrons. The zero-order chi connectivity index (χ0) is 12.7. The molecule has 1 aromatic rings. The number of aromatic nitrogens is 2. The van der Waals surface area contributed by atoms with E-state index in [2.05, 4.69) is 27.4 Å². The minimum Gasteiger partial charge on any atom is -0.360 e. The Hall–Kier alpha value is -1.08. The first-order valence-electron chi connectivity index (χ1n) is 5.30. The second kappa shape index (κ2) is 7.29. The van der Waals surface area contributed by atoms with Crippen molar-refractivity contribution in [1.82, 2.24) is 15.5 Å². The molecule has 0 spiro atoms. The van der Waals surface area contributed by atoms with Gasteiger partial charge in [-0.05, 0) is 13.8 Å². The summed E-state index contributed by atoms with van der Waals surface area (Å²) in [6.45, 7) is 8.70. The molecule has 1 heterocycles. The maximum Gasteiger partial charge on any atom is 0.233 e. The van der Waals surface area contributed by atoms with Crippen LogP contribution in [0.5, 0.6) is 0 Å². The van der Waals surface area contributed by atoms with Crippen LogP contribution in [0.4, 0.5) is 5.13 Å². The highest BCUT2D eigenvalue weighted by Gasteiger charge is 2.16. The van der Waals surface area contributed by atoms with E-state index in [0.717, 1.165) is 16.0 Å². The number of nitrogens with zero attached hydrogens (tertiary/aromatic N) is 2. The molecule has 7 heteroatoms. The van der Waals surface area contributed by atoms with Gasteiger partial charge in [-0.2, -0.15) is 0 Å². The Morgan fingerprint density at radius 1 is 1.65 bits per heavy atom. The normalized spacial score (nSPS) is 11.9. The van der Waals surface area contributed by atoms with Crippen molar-refractivity contribution in [2.75, 3.05) is 18.4 Å². The number of hydrogen-bond donors (Lipinski definition) is 2. The lowest BCUT2D eigenvalue weighted by molar-refractivity contribution is -0.120. The monoisotopic (exact) mass is 272 g/mol. The molecule has 0 aromatic carbocycles. The maximum absolute atomic E-state index is 11.6. The van der Waals surface area contributed by atoms with Gasteiger partial charge < -0.3 is 10.6 Å². The van der Waals surface area contributed by atoms with Crippen molar-refractivity contribution in [2.24, 2.45) is 0 Å². The summed E-state index contributed by atoms with van der Waals surface area (Å²) in [7, 11) is 0. The van der Waals surface area contributed by atoms with Gasteiger partial charge in [-0.25, -0.2) is 0 Å². The lowest BCUT2D eigenvalue weighted by Crippen LogP contribution is -2.30. The number of amides is 1. The Labute approximate surface area is 109 Å². The van der Waals surface area contributed by atoms with Crippen molar-refractivity contribution in [3.05, 3.63) is 12.7 Å². The molecule has 17 heavy (non-hydrogen) atoms. The number of thioether (sulfide) groups is 1. The highest BCUT2D eigenvalue weighted by Crippen LogP contribution is 2.28. The van der Waals surface area contributed by atoms with Crippen LogP contribution in [0.2, 0.25) is 0 Å². The summed E-state index contributed by atoms with van der Waals surface area (Å²) in [6, 6.07) is 0. The SMILES string of the molecule is C=CCNC(=O)C(C)Sc1nnc(NCC)s1. The van der Waals surface area contributed by atoms with Gasteiger partial charge in [0.25, 0.3) is 0 Å². The predicted octanol–water partition coefficient (Wildman–Crippen LogP) is 1.75. The van der Waals surface area contributed by atoms with E-state index in [1.54, 1.807) is 6.08 Å². The fourth-order valence-corrected chi connectivity index (χ4v) is 2.99. The largest absolute Gasteiger partial charge is 0.360 e. The minimum atomic E-state index is -0.183. The smallest absolute Gasteiger partial charge is 0.233 e. The summed E-state index contributed by atoms with van der Waals surface area (Å²) in [5.74, 6) is -0.0184. The molecule has 0 saturated heterocycles. The van der Waals surface area contributed by atoms with E-state index in [1.807, 2.05) is 13.8 Å². The van der Waals surface area contributed by atoms with Crippen molar-refractivity contribution in [1.29, 1.82) is 0 Å². The van der Waals surface area contributed by atoms with Gasteiger partial charge in [0.2, 0.25) is 11.0 Å². The number of rotatable bonds is 7. The molecule has 0 radical (unpaired) electrons. The van der Waals surface area contributed by atoms with E-state index in [-0.39, 0.29) is 11.2 Å². The molecule has 5 nitrogen and oxygen atoms in total. The van der Waals surface area contributed by atoms with Crippen molar-refractivity contribution in [3.63, 3.8) is 0 Å². The van der Waals surface area contributed by atoms with Gasteiger partial charge in [-0.3, -0.25) is 4.79 Å². The molecule has 1 rings (SSSR count). The minimum absolute atomic E-state index is 0.0184. The van der Waals surface area contributed by atoms with Crippen molar-refractivity contribution in [2.45, 2.75) is 23.4 Å². The molecule has 0 saturated carbocycles. The molecule has 0 bridgehead atoms. The summed E-state index contributed by atoms with van der Waals surface area (Å²) >= 11 is 2.86. The summed E-state index contributed by atoms with van der Waals surface area (Å²) in [6.07, 6.45) is 1.66. The van der Waals surface area contributed by atoms with Crippen LogP contribution in [0, 0.1) is 0 Å². The van der Waals surface area contributed by atoms with Gasteiger partial charge in [-0.1, -0.05) is 29.2 Å². The Balaban J connectivity index is 2.46. The molecule has 2 N–H and O–H groups in total. The quantitative estimate of drug-likeness (QED) is 0.585. The summed E-state index contributed by atoms with van der Waals surface area (Å²) in [4.78, 5) is 11.6. The lowest BCUT2D eigenvalue weighted by Gasteiger charge is -2.07. The Kier molecular flexibility index (Phi) is 5.99. The standard InChI is InChI=1S/C10H16N4OS2/c1-4-6-12-8(15)7(3)16-10-14-13-9(17-10)11-5-2/h4,7H,1,5-6H2,2-3H3,(H,11,13)(H,12,15). The highest BCUT2D eigenvalue weighted by atomic mass is 32.2. The Morgan fingerprint density at radius 3 is 3.06 bits per heavy atom. The first-order chi connectivity index (χ1) is 8.17. The highest BCUT2D eigenvalue weighted by molar-refractivity contribution is 8.02. The Bertz CT molecular complexity index is 380. The van der Waals surface area contributed by atoms with E-state index >= 15 is 0 Å². The number of anilines is 1. The van der Waals surface area contributed by atoms with Crippen LogP contribution < -0.4 is 10.6 Å². The topological polar surface area (TPSA) is 66.9 Å². The van der Waals surface area contributed by atoms with Crippen molar-refractivity contribution >= 4 is 34.1 Å². The van der Waals surface area contributed by atoms with Crippen LogP contribution in [0.1, 0.15) is 13.8 Å². The summed E-state index contributed by atoms with van der Waals surface area (Å²) in [5, 5.41) is 14.4. The maximum atomic E-state index is 11.6. The van der Waals surface area contributed by atoms with Crippen LogP contribution >= 0.6 is 23.1 Å². The van der Waals surface area contributed by atoms with Crippen LogP contribution in [0.3, 0.4) is 0 Å². The van der Waals surface area contributed by atoms with E-state index < -0.39 is 0 Å². The average Bonchev–Trinajstić information content (AvgIpc) is 2.74. The van der Waals surface area contributed by atoms with Gasteiger partial charge in [0, 0.05) is 13.1 Å². The molecule has 1 atom stereocenters. The first kappa shape index (κ1) is 14.0. The van der Waals surface area contributed by atoms with E-state index in [1.165, 1.54) is 23.1 Å². The van der Waals surface area contributed by atoms with Crippen molar-refractivity contribution < 1.29 is 4.79 Å². The number of hydrogen-bond acceptors (Lipinski definition) is 6. The van der Waals surface area contributed by atoms with Crippen LogP contribution in [0.15, 0.2) is 17.0 Å². The third kappa shape index (κ3) is 4.74. The molecular weight excluding hydrogens is 256 g/mol. The van der Waals surface area contributed by atoms with Crippen LogP contribution in [-0.4, -0.2) is 34.4 Å². The molecule has 1 amide bonds. The van der Waals surface area contributed by atoms with Gasteiger partial charge in [0.1, 0.15) is 0 Å². The van der Waals surface area contributed by atoms with Gasteiger partial charge in [0.15, 0.2) is 4.34 Å². The van der Waals surface area contributed by atoms with Crippen LogP contribution in [-0.2, 0) is 4.79 Å². The third-order valence-electron chi connectivity index (χ3n) is 1.80. The van der Waals surface area contributed by atoms with Gasteiger partial charge >= 0.3 is 0 Å². The fourth-order valence-electron chi connectivity index (χ4n) is 1.00. The second-order valence-corrected chi connectivity index (χ2v) is 5.76. The molecule has 0 aliphatic heterocycles. The predicted molar refractivity (Wildman–Crippen MR) is 72.6 cm³/mol. The van der Waals surface area contributed by atoms with E-state index in [9.17, 15) is 4.79 Å². The zero-order valence-corrected chi connectivity index (χ0v) is 11.5. The summed E-state index contributed by atoms with van der Waals surface area (Å²) < 4.78 is 0.794. The van der Waals surface area contributed by atoms with Gasteiger partial charge in [-0.15, -0.1) is 16.8 Å². The Morgan fingerprint density at radius 2 is 2.41 bits per heavy atom. The van der Waals surface area contributed by atoms with Crippen LogP contribution in [0.25, 0.3) is 0 Å². The number of carbonyl (C=O) groups excluding carboxylic acids is 1. The van der Waals surface area contributed by atoms with Crippen molar-refractivity contribution in [3.8, 4) is 0 Å². The molecule has 1 aromatic heterocycles. The molecule has 0 aliphatic carbocycles.